The van der Waals surface area contributed by atoms with Gasteiger partial charge in [0.1, 0.15) is 12.4 Å². The zero-order chi connectivity index (χ0) is 18.5. The molecule has 0 aliphatic carbocycles. The van der Waals surface area contributed by atoms with Gasteiger partial charge in [0.2, 0.25) is 0 Å². The van der Waals surface area contributed by atoms with E-state index in [1.807, 2.05) is 61.4 Å². The fraction of sp³-hybridized carbons (Fsp3) is 0.316. The van der Waals surface area contributed by atoms with Crippen LogP contribution < -0.4 is 5.32 Å². The van der Waals surface area contributed by atoms with Crippen molar-refractivity contribution < 1.29 is 5.11 Å². The Morgan fingerprint density at radius 2 is 2.23 bits per heavy atom. The van der Waals surface area contributed by atoms with Crippen molar-refractivity contribution in [3.05, 3.63) is 47.6 Å². The molecule has 7 heteroatoms. The Bertz CT molecular complexity index is 811. The van der Waals surface area contributed by atoms with Gasteiger partial charge in [0, 0.05) is 11.4 Å². The van der Waals surface area contributed by atoms with E-state index in [2.05, 4.69) is 20.3 Å². The summed E-state index contributed by atoms with van der Waals surface area (Å²) >= 11 is 1.65. The summed E-state index contributed by atoms with van der Waals surface area (Å²) in [6, 6.07) is 7.88. The van der Waals surface area contributed by atoms with Crippen LogP contribution in [0.3, 0.4) is 0 Å². The van der Waals surface area contributed by atoms with Gasteiger partial charge in [0.25, 0.3) is 0 Å². The van der Waals surface area contributed by atoms with E-state index in [4.69, 9.17) is 0 Å². The number of anilines is 1. The highest BCUT2D eigenvalue weighted by atomic mass is 32.1. The van der Waals surface area contributed by atoms with Crippen LogP contribution in [-0.2, 0) is 0 Å². The molecule has 2 aromatic heterocycles. The first-order valence-corrected chi connectivity index (χ1v) is 9.36. The van der Waals surface area contributed by atoms with Crippen LogP contribution >= 0.6 is 11.3 Å². The van der Waals surface area contributed by atoms with E-state index in [-0.39, 0.29) is 12.7 Å². The normalized spacial score (nSPS) is 18.6. The maximum atomic E-state index is 10.1. The number of allylic oxidation sites excluding steroid dienone is 2. The van der Waals surface area contributed by atoms with Crippen molar-refractivity contribution >= 4 is 29.1 Å². The summed E-state index contributed by atoms with van der Waals surface area (Å²) < 4.78 is 0. The van der Waals surface area contributed by atoms with Crippen molar-refractivity contribution in [2.75, 3.05) is 11.9 Å². The molecule has 0 fully saturated rings. The van der Waals surface area contributed by atoms with Gasteiger partial charge in [0.15, 0.2) is 0 Å². The molecule has 0 bridgehead atoms. The van der Waals surface area contributed by atoms with Gasteiger partial charge in [-0.15, -0.1) is 11.3 Å². The van der Waals surface area contributed by atoms with Gasteiger partial charge in [-0.25, -0.2) is 0 Å². The van der Waals surface area contributed by atoms with Crippen LogP contribution in [-0.4, -0.2) is 46.0 Å². The highest BCUT2D eigenvalue weighted by Gasteiger charge is 2.15. The van der Waals surface area contributed by atoms with E-state index in [0.717, 1.165) is 27.7 Å². The largest absolute Gasteiger partial charge is 0.372 e. The second-order valence-corrected chi connectivity index (χ2v) is 7.09. The zero-order valence-corrected chi connectivity index (χ0v) is 15.9. The minimum absolute atomic E-state index is 0.0165. The molecule has 0 radical (unpaired) electrons. The van der Waals surface area contributed by atoms with E-state index in [0.29, 0.717) is 0 Å². The van der Waals surface area contributed by atoms with Gasteiger partial charge in [0.05, 0.1) is 35.3 Å². The average molecular weight is 369 g/mol. The number of nitrogens with zero attached hydrogens (tertiary/aromatic N) is 4. The van der Waals surface area contributed by atoms with E-state index in [1.165, 1.54) is 0 Å². The first-order chi connectivity index (χ1) is 12.5. The lowest BCUT2D eigenvalue weighted by Crippen LogP contribution is -2.33. The molecule has 0 amide bonds. The molecule has 2 atom stereocenters. The number of aliphatic hydroxyl groups is 1. The quantitative estimate of drug-likeness (QED) is 0.464. The van der Waals surface area contributed by atoms with Crippen molar-refractivity contribution in [2.45, 2.75) is 33.2 Å². The Kier molecular flexibility index (Phi) is 5.80. The highest BCUT2D eigenvalue weighted by molar-refractivity contribution is 7.13. The number of hydrogen-bond acceptors (Lipinski definition) is 6. The molecular weight excluding hydrogens is 346 g/mol. The molecule has 3 heterocycles. The van der Waals surface area contributed by atoms with Crippen molar-refractivity contribution in [3.63, 3.8) is 0 Å². The van der Waals surface area contributed by atoms with Crippen LogP contribution in [0.25, 0.3) is 10.6 Å². The number of aliphatic imine (C=N–C) groups is 2. The van der Waals surface area contributed by atoms with Crippen LogP contribution in [0.4, 0.5) is 5.69 Å². The van der Waals surface area contributed by atoms with Crippen LogP contribution in [0.15, 0.2) is 57.6 Å². The summed E-state index contributed by atoms with van der Waals surface area (Å²) in [7, 11) is 0. The monoisotopic (exact) mass is 369 g/mol. The SMILES string of the molecule is CC1=CC(C)=NC(C)N1C=NCC(O)Nc1ccc(-c2cccs2)nc1. The molecule has 26 heavy (non-hydrogen) atoms. The van der Waals surface area contributed by atoms with Crippen molar-refractivity contribution in [3.8, 4) is 10.6 Å². The molecule has 2 unspecified atom stereocenters. The predicted octanol–water partition coefficient (Wildman–Crippen LogP) is 3.60. The maximum absolute atomic E-state index is 10.1. The lowest BCUT2D eigenvalue weighted by molar-refractivity contribution is 0.212. The van der Waals surface area contributed by atoms with Gasteiger partial charge in [-0.05, 0) is 50.4 Å². The van der Waals surface area contributed by atoms with Crippen LogP contribution in [0.2, 0.25) is 0 Å². The van der Waals surface area contributed by atoms with Crippen molar-refractivity contribution in [1.29, 1.82) is 0 Å². The predicted molar refractivity (Wildman–Crippen MR) is 109 cm³/mol. The van der Waals surface area contributed by atoms with Crippen molar-refractivity contribution in [1.82, 2.24) is 9.88 Å². The number of hydrogen-bond donors (Lipinski definition) is 2. The Morgan fingerprint density at radius 1 is 1.38 bits per heavy atom. The van der Waals surface area contributed by atoms with Gasteiger partial charge in [-0.1, -0.05) is 6.07 Å². The van der Waals surface area contributed by atoms with Gasteiger partial charge < -0.3 is 15.3 Å². The minimum Gasteiger partial charge on any atom is -0.372 e. The topological polar surface area (TPSA) is 73.1 Å². The third kappa shape index (κ3) is 4.56. The summed E-state index contributed by atoms with van der Waals surface area (Å²) in [5, 5.41) is 15.2. The van der Waals surface area contributed by atoms with Crippen LogP contribution in [0, 0.1) is 0 Å². The Morgan fingerprint density at radius 3 is 2.88 bits per heavy atom. The second kappa shape index (κ2) is 8.25. The number of pyridine rings is 1. The van der Waals surface area contributed by atoms with Crippen molar-refractivity contribution in [2.24, 2.45) is 9.98 Å². The molecule has 2 N–H and O–H groups in total. The number of rotatable bonds is 6. The summed E-state index contributed by atoms with van der Waals surface area (Å²) in [5.74, 6) is 0. The lowest BCUT2D eigenvalue weighted by Gasteiger charge is -2.28. The number of aromatic nitrogens is 1. The number of nitrogens with one attached hydrogen (secondary N) is 1. The molecule has 0 saturated carbocycles. The molecule has 1 aliphatic rings. The zero-order valence-electron chi connectivity index (χ0n) is 15.1. The lowest BCUT2D eigenvalue weighted by atomic mass is 10.2. The first-order valence-electron chi connectivity index (χ1n) is 8.48. The van der Waals surface area contributed by atoms with Crippen LogP contribution in [0.5, 0.6) is 0 Å². The third-order valence-corrected chi connectivity index (χ3v) is 4.87. The van der Waals surface area contributed by atoms with E-state index >= 15 is 0 Å². The summed E-state index contributed by atoms with van der Waals surface area (Å²) in [4.78, 5) is 16.4. The minimum atomic E-state index is -0.782. The van der Waals surface area contributed by atoms with Gasteiger partial charge >= 0.3 is 0 Å². The third-order valence-electron chi connectivity index (χ3n) is 3.97. The molecule has 136 valence electrons. The van der Waals surface area contributed by atoms with E-state index < -0.39 is 6.23 Å². The molecule has 3 rings (SSSR count). The average Bonchev–Trinajstić information content (AvgIpc) is 3.12. The molecule has 0 aromatic carbocycles. The Hall–Kier alpha value is -2.51. The smallest absolute Gasteiger partial charge is 0.144 e. The highest BCUT2D eigenvalue weighted by Crippen LogP contribution is 2.23. The van der Waals surface area contributed by atoms with Gasteiger partial charge in [-0.3, -0.25) is 15.0 Å². The molecule has 6 nitrogen and oxygen atoms in total. The second-order valence-electron chi connectivity index (χ2n) is 6.15. The fourth-order valence-electron chi connectivity index (χ4n) is 2.78. The Balaban J connectivity index is 1.53. The standard InChI is InChI=1S/C19H23N5OS/c1-13-9-14(2)24(15(3)22-13)12-20-11-19(25)23-16-6-7-17(21-10-16)18-5-4-8-26-18/h4-10,12,15,19,23,25H,11H2,1-3H3. The molecular formula is C19H23N5OS. The summed E-state index contributed by atoms with van der Waals surface area (Å²) in [6.07, 6.45) is 4.70. The fourth-order valence-corrected chi connectivity index (χ4v) is 3.48. The number of aliphatic hydroxyl groups excluding tert-OH is 1. The molecule has 1 aliphatic heterocycles. The molecule has 0 spiro atoms. The summed E-state index contributed by atoms with van der Waals surface area (Å²) in [6.45, 7) is 6.27. The van der Waals surface area contributed by atoms with Crippen LogP contribution in [0.1, 0.15) is 20.8 Å². The summed E-state index contributed by atoms with van der Waals surface area (Å²) in [5.41, 5.74) is 3.79. The van der Waals surface area contributed by atoms with E-state index in [9.17, 15) is 5.11 Å². The maximum Gasteiger partial charge on any atom is 0.144 e. The molecule has 2 aromatic rings. The molecule has 0 saturated heterocycles. The number of thiophene rings is 1. The first kappa shape index (κ1) is 18.3. The Labute approximate surface area is 157 Å². The van der Waals surface area contributed by atoms with E-state index in [1.54, 1.807) is 23.9 Å². The van der Waals surface area contributed by atoms with Gasteiger partial charge in [-0.2, -0.15) is 0 Å².